The quantitative estimate of drug-likeness (QED) is 0.816. The van der Waals surface area contributed by atoms with Gasteiger partial charge >= 0.3 is 0 Å². The molecule has 0 bridgehead atoms. The second-order valence-corrected chi connectivity index (χ2v) is 5.84. The van der Waals surface area contributed by atoms with Gasteiger partial charge in [0.05, 0.1) is 6.10 Å². The fourth-order valence-electron chi connectivity index (χ4n) is 2.94. The molecule has 0 saturated carbocycles. The van der Waals surface area contributed by atoms with Gasteiger partial charge in [0.15, 0.2) is 0 Å². The van der Waals surface area contributed by atoms with Gasteiger partial charge in [0.25, 0.3) is 0 Å². The zero-order valence-corrected chi connectivity index (χ0v) is 12.8. The minimum absolute atomic E-state index is 0.281. The van der Waals surface area contributed by atoms with Gasteiger partial charge in [-0.25, -0.2) is 0 Å². The third kappa shape index (κ3) is 3.37. The fourth-order valence-corrected chi connectivity index (χ4v) is 2.94. The minimum atomic E-state index is 0.281. The number of aryl methyl sites for hydroxylation is 3. The summed E-state index contributed by atoms with van der Waals surface area (Å²) in [6, 6.07) is 4.62. The predicted octanol–water partition coefficient (Wildman–Crippen LogP) is 3.69. The summed E-state index contributed by atoms with van der Waals surface area (Å²) in [5, 5.41) is 3.54. The van der Waals surface area contributed by atoms with Gasteiger partial charge < -0.3 is 10.1 Å². The maximum atomic E-state index is 6.02. The van der Waals surface area contributed by atoms with Crippen molar-refractivity contribution in [2.24, 2.45) is 5.92 Å². The van der Waals surface area contributed by atoms with Gasteiger partial charge in [-0.1, -0.05) is 19.1 Å². The number of rotatable bonds is 5. The van der Waals surface area contributed by atoms with E-state index in [-0.39, 0.29) is 6.10 Å². The molecular formula is C17H27NO. The maximum Gasteiger partial charge on any atom is 0.0868 e. The van der Waals surface area contributed by atoms with Crippen LogP contribution in [0.15, 0.2) is 12.1 Å². The van der Waals surface area contributed by atoms with Crippen LogP contribution in [0.4, 0.5) is 0 Å². The standard InChI is InChI=1S/C17H27NO/c1-5-7-18-11-15-6-8-19-17(15)16-10-13(3)12(2)9-14(16)4/h9-10,15,17-18H,5-8,11H2,1-4H3. The van der Waals surface area contributed by atoms with Crippen LogP contribution >= 0.6 is 0 Å². The minimum Gasteiger partial charge on any atom is -0.373 e. The van der Waals surface area contributed by atoms with Crippen LogP contribution < -0.4 is 5.32 Å². The molecule has 1 aliphatic rings. The Morgan fingerprint density at radius 1 is 1.16 bits per heavy atom. The van der Waals surface area contributed by atoms with Crippen LogP contribution in [0.1, 0.15) is 48.1 Å². The summed E-state index contributed by atoms with van der Waals surface area (Å²) in [6.07, 6.45) is 2.65. The molecule has 0 radical (unpaired) electrons. The molecule has 1 saturated heterocycles. The van der Waals surface area contributed by atoms with Crippen molar-refractivity contribution in [3.05, 3.63) is 34.4 Å². The molecule has 2 atom stereocenters. The molecule has 1 fully saturated rings. The highest BCUT2D eigenvalue weighted by Gasteiger charge is 2.30. The summed E-state index contributed by atoms with van der Waals surface area (Å²) in [7, 11) is 0. The lowest BCUT2D eigenvalue weighted by molar-refractivity contribution is 0.0900. The van der Waals surface area contributed by atoms with Crippen molar-refractivity contribution < 1.29 is 4.74 Å². The molecule has 2 nitrogen and oxygen atoms in total. The Hall–Kier alpha value is -0.860. The lowest BCUT2D eigenvalue weighted by Gasteiger charge is -2.22. The average Bonchev–Trinajstić information content (AvgIpc) is 2.82. The van der Waals surface area contributed by atoms with Crippen molar-refractivity contribution in [3.8, 4) is 0 Å². The zero-order valence-electron chi connectivity index (χ0n) is 12.8. The van der Waals surface area contributed by atoms with Gasteiger partial charge in [-0.2, -0.15) is 0 Å². The molecule has 0 spiro atoms. The lowest BCUT2D eigenvalue weighted by Crippen LogP contribution is -2.25. The van der Waals surface area contributed by atoms with E-state index >= 15 is 0 Å². The Bertz CT molecular complexity index is 428. The molecule has 0 amide bonds. The molecule has 1 aromatic rings. The molecule has 2 heteroatoms. The van der Waals surface area contributed by atoms with Crippen LogP contribution in [0.25, 0.3) is 0 Å². The van der Waals surface area contributed by atoms with Gasteiger partial charge in [0, 0.05) is 19.1 Å². The van der Waals surface area contributed by atoms with E-state index in [0.717, 1.165) is 19.7 Å². The van der Waals surface area contributed by atoms with E-state index in [9.17, 15) is 0 Å². The van der Waals surface area contributed by atoms with Crippen molar-refractivity contribution in [1.82, 2.24) is 5.32 Å². The van der Waals surface area contributed by atoms with Crippen LogP contribution in [0.2, 0.25) is 0 Å². The highest BCUT2D eigenvalue weighted by atomic mass is 16.5. The highest BCUT2D eigenvalue weighted by molar-refractivity contribution is 5.38. The van der Waals surface area contributed by atoms with E-state index in [4.69, 9.17) is 4.74 Å². The Labute approximate surface area is 117 Å². The fraction of sp³-hybridized carbons (Fsp3) is 0.647. The van der Waals surface area contributed by atoms with Crippen molar-refractivity contribution in [2.45, 2.75) is 46.6 Å². The normalized spacial score (nSPS) is 22.9. The summed E-state index contributed by atoms with van der Waals surface area (Å²) in [6.45, 7) is 11.9. The lowest BCUT2D eigenvalue weighted by atomic mass is 9.90. The smallest absolute Gasteiger partial charge is 0.0868 e. The number of nitrogens with one attached hydrogen (secondary N) is 1. The Morgan fingerprint density at radius 3 is 2.63 bits per heavy atom. The SMILES string of the molecule is CCCNCC1CCOC1c1cc(C)c(C)cc1C. The summed E-state index contributed by atoms with van der Waals surface area (Å²) < 4.78 is 6.02. The summed E-state index contributed by atoms with van der Waals surface area (Å²) in [5.41, 5.74) is 5.51. The number of benzene rings is 1. The second-order valence-electron chi connectivity index (χ2n) is 5.84. The van der Waals surface area contributed by atoms with E-state index < -0.39 is 0 Å². The topological polar surface area (TPSA) is 21.3 Å². The molecule has 19 heavy (non-hydrogen) atoms. The number of ether oxygens (including phenoxy) is 1. The van der Waals surface area contributed by atoms with Crippen molar-refractivity contribution in [1.29, 1.82) is 0 Å². The molecule has 0 aromatic heterocycles. The highest BCUT2D eigenvalue weighted by Crippen LogP contribution is 2.36. The van der Waals surface area contributed by atoms with Crippen LogP contribution in [0, 0.1) is 26.7 Å². The molecule has 0 aliphatic carbocycles. The molecule has 2 unspecified atom stereocenters. The van der Waals surface area contributed by atoms with Gasteiger partial charge in [-0.15, -0.1) is 0 Å². The monoisotopic (exact) mass is 261 g/mol. The first-order valence-electron chi connectivity index (χ1n) is 7.53. The van der Waals surface area contributed by atoms with Crippen molar-refractivity contribution in [3.63, 3.8) is 0 Å². The van der Waals surface area contributed by atoms with Crippen molar-refractivity contribution in [2.75, 3.05) is 19.7 Å². The van der Waals surface area contributed by atoms with E-state index in [1.807, 2.05) is 0 Å². The molecule has 2 rings (SSSR count). The third-order valence-corrected chi connectivity index (χ3v) is 4.24. The number of hydrogen-bond acceptors (Lipinski definition) is 2. The van der Waals surface area contributed by atoms with E-state index in [1.54, 1.807) is 0 Å². The number of hydrogen-bond donors (Lipinski definition) is 1. The van der Waals surface area contributed by atoms with Gasteiger partial charge in [0.1, 0.15) is 0 Å². The van der Waals surface area contributed by atoms with Crippen LogP contribution in [0.3, 0.4) is 0 Å². The Balaban J connectivity index is 2.13. The van der Waals surface area contributed by atoms with Crippen LogP contribution in [-0.4, -0.2) is 19.7 Å². The van der Waals surface area contributed by atoms with Gasteiger partial charge in [0.2, 0.25) is 0 Å². The van der Waals surface area contributed by atoms with Crippen molar-refractivity contribution >= 4 is 0 Å². The van der Waals surface area contributed by atoms with Gasteiger partial charge in [-0.3, -0.25) is 0 Å². The molecule has 106 valence electrons. The molecule has 1 aromatic carbocycles. The summed E-state index contributed by atoms with van der Waals surface area (Å²) >= 11 is 0. The Morgan fingerprint density at radius 2 is 1.89 bits per heavy atom. The second kappa shape index (κ2) is 6.53. The molecule has 1 aliphatic heterocycles. The summed E-state index contributed by atoms with van der Waals surface area (Å²) in [4.78, 5) is 0. The third-order valence-electron chi connectivity index (χ3n) is 4.24. The largest absolute Gasteiger partial charge is 0.373 e. The first-order valence-corrected chi connectivity index (χ1v) is 7.53. The summed E-state index contributed by atoms with van der Waals surface area (Å²) in [5.74, 6) is 0.618. The van der Waals surface area contributed by atoms with Crippen LogP contribution in [0.5, 0.6) is 0 Å². The first-order chi connectivity index (χ1) is 9.13. The van der Waals surface area contributed by atoms with E-state index in [1.165, 1.54) is 35.1 Å². The van der Waals surface area contributed by atoms with E-state index in [2.05, 4.69) is 45.1 Å². The average molecular weight is 261 g/mol. The predicted molar refractivity (Wildman–Crippen MR) is 80.6 cm³/mol. The maximum absolute atomic E-state index is 6.02. The van der Waals surface area contributed by atoms with E-state index in [0.29, 0.717) is 5.92 Å². The zero-order chi connectivity index (χ0) is 13.8. The molecular weight excluding hydrogens is 234 g/mol. The first kappa shape index (κ1) is 14.5. The Kier molecular flexibility index (Phi) is 5.00. The molecule has 1 N–H and O–H groups in total. The molecule has 1 heterocycles. The van der Waals surface area contributed by atoms with Crippen LogP contribution in [-0.2, 0) is 4.74 Å². The van der Waals surface area contributed by atoms with Gasteiger partial charge in [-0.05, 0) is 62.4 Å².